The molecule has 34 heavy (non-hydrogen) atoms. The van der Waals surface area contributed by atoms with E-state index in [0.29, 0.717) is 11.5 Å². The van der Waals surface area contributed by atoms with Crippen LogP contribution in [0, 0.1) is 5.92 Å². The quantitative estimate of drug-likeness (QED) is 0.499. The lowest BCUT2D eigenvalue weighted by atomic mass is 9.89. The van der Waals surface area contributed by atoms with E-state index >= 15 is 0 Å². The molecule has 1 aliphatic carbocycles. The van der Waals surface area contributed by atoms with Crippen LogP contribution in [0.15, 0.2) is 66.7 Å². The van der Waals surface area contributed by atoms with Crippen LogP contribution in [-0.2, 0) is 19.1 Å². The maximum absolute atomic E-state index is 12.5. The first-order valence-corrected chi connectivity index (χ1v) is 11.5. The van der Waals surface area contributed by atoms with Crippen molar-refractivity contribution in [3.63, 3.8) is 0 Å². The van der Waals surface area contributed by atoms with Gasteiger partial charge in [0.1, 0.15) is 12.4 Å². The highest BCUT2D eigenvalue weighted by Gasteiger charge is 2.22. The van der Waals surface area contributed by atoms with Gasteiger partial charge in [-0.25, -0.2) is 4.68 Å². The average molecular weight is 461 g/mol. The van der Waals surface area contributed by atoms with Crippen LogP contribution in [0.3, 0.4) is 0 Å². The Labute approximate surface area is 198 Å². The maximum atomic E-state index is 12.5. The van der Waals surface area contributed by atoms with Crippen LogP contribution in [0.4, 0.5) is 5.82 Å². The Kier molecular flexibility index (Phi) is 7.70. The molecule has 0 unspecified atom stereocenters. The molecule has 0 atom stereocenters. The predicted octanol–water partition coefficient (Wildman–Crippen LogP) is 3.72. The molecule has 176 valence electrons. The summed E-state index contributed by atoms with van der Waals surface area (Å²) in [5, 5.41) is 10.0. The standard InChI is InChI=1S/C26H28N4O4/c31-24(18-34-25(32)17-27-26(33)20-12-6-2-7-13-20)28-23-16-22(19-10-4-1-5-11-19)29-30(23)21-14-8-3-9-15-21/h1,3-5,8-11,14-16,20H,2,6-7,12-13,17-18H2,(H,27,33)(H,28,31). The third kappa shape index (κ3) is 6.10. The van der Waals surface area contributed by atoms with E-state index in [1.54, 1.807) is 10.7 Å². The number of carbonyl (C=O) groups excluding carboxylic acids is 3. The van der Waals surface area contributed by atoms with Crippen molar-refractivity contribution >= 4 is 23.6 Å². The molecule has 0 spiro atoms. The Balaban J connectivity index is 1.35. The molecule has 0 radical (unpaired) electrons. The minimum absolute atomic E-state index is 0.0399. The molecule has 2 amide bonds. The summed E-state index contributed by atoms with van der Waals surface area (Å²) in [6, 6.07) is 20.8. The fourth-order valence-electron chi connectivity index (χ4n) is 4.03. The smallest absolute Gasteiger partial charge is 0.325 e. The van der Waals surface area contributed by atoms with E-state index in [1.807, 2.05) is 60.7 Å². The normalized spacial score (nSPS) is 13.8. The number of nitrogens with one attached hydrogen (secondary N) is 2. The summed E-state index contributed by atoms with van der Waals surface area (Å²) in [4.78, 5) is 36.7. The molecule has 0 saturated heterocycles. The summed E-state index contributed by atoms with van der Waals surface area (Å²) in [5.41, 5.74) is 2.39. The SMILES string of the molecule is O=C(COC(=O)CNC(=O)C1CCCCC1)Nc1cc(-c2ccccc2)nn1-c1ccccc1. The van der Waals surface area contributed by atoms with E-state index in [4.69, 9.17) is 4.74 Å². The highest BCUT2D eigenvalue weighted by molar-refractivity contribution is 5.93. The molecule has 3 aromatic rings. The van der Waals surface area contributed by atoms with Crippen LogP contribution in [0.25, 0.3) is 16.9 Å². The molecular formula is C26H28N4O4. The number of esters is 1. The van der Waals surface area contributed by atoms with Crippen molar-refractivity contribution < 1.29 is 19.1 Å². The van der Waals surface area contributed by atoms with Crippen LogP contribution in [0.5, 0.6) is 0 Å². The zero-order valence-corrected chi connectivity index (χ0v) is 18.9. The van der Waals surface area contributed by atoms with Crippen molar-refractivity contribution in [3.05, 3.63) is 66.7 Å². The Hall–Kier alpha value is -3.94. The van der Waals surface area contributed by atoms with Gasteiger partial charge in [0.05, 0.1) is 11.4 Å². The second-order valence-corrected chi connectivity index (χ2v) is 8.29. The number of ether oxygens (including phenoxy) is 1. The lowest BCUT2D eigenvalue weighted by Crippen LogP contribution is -2.36. The van der Waals surface area contributed by atoms with Gasteiger partial charge in [-0.3, -0.25) is 14.4 Å². The lowest BCUT2D eigenvalue weighted by Gasteiger charge is -2.20. The molecule has 1 saturated carbocycles. The number of para-hydroxylation sites is 1. The number of benzene rings is 2. The Morgan fingerprint density at radius 2 is 1.62 bits per heavy atom. The predicted molar refractivity (Wildman–Crippen MR) is 128 cm³/mol. The van der Waals surface area contributed by atoms with Crippen molar-refractivity contribution in [2.24, 2.45) is 5.92 Å². The Morgan fingerprint density at radius 1 is 0.941 bits per heavy atom. The first-order valence-electron chi connectivity index (χ1n) is 11.5. The van der Waals surface area contributed by atoms with E-state index in [-0.39, 0.29) is 18.4 Å². The molecule has 1 aliphatic rings. The number of aromatic nitrogens is 2. The van der Waals surface area contributed by atoms with Gasteiger partial charge in [0.15, 0.2) is 6.61 Å². The van der Waals surface area contributed by atoms with Crippen LogP contribution in [-0.4, -0.2) is 40.7 Å². The summed E-state index contributed by atoms with van der Waals surface area (Å²) < 4.78 is 6.69. The third-order valence-electron chi connectivity index (χ3n) is 5.79. The number of hydrogen-bond donors (Lipinski definition) is 2. The van der Waals surface area contributed by atoms with E-state index in [2.05, 4.69) is 15.7 Å². The Morgan fingerprint density at radius 3 is 2.32 bits per heavy atom. The van der Waals surface area contributed by atoms with Crippen LogP contribution in [0.1, 0.15) is 32.1 Å². The molecule has 2 N–H and O–H groups in total. The van der Waals surface area contributed by atoms with Gasteiger partial charge in [0.25, 0.3) is 5.91 Å². The maximum Gasteiger partial charge on any atom is 0.325 e. The van der Waals surface area contributed by atoms with Crippen molar-refractivity contribution in [2.75, 3.05) is 18.5 Å². The van der Waals surface area contributed by atoms with Gasteiger partial charge in [-0.2, -0.15) is 5.10 Å². The van der Waals surface area contributed by atoms with Crippen molar-refractivity contribution in [3.8, 4) is 16.9 Å². The zero-order valence-electron chi connectivity index (χ0n) is 18.9. The minimum Gasteiger partial charge on any atom is -0.454 e. The second-order valence-electron chi connectivity index (χ2n) is 8.29. The van der Waals surface area contributed by atoms with E-state index in [0.717, 1.165) is 43.4 Å². The number of rotatable bonds is 8. The average Bonchev–Trinajstić information content (AvgIpc) is 3.31. The molecular weight excluding hydrogens is 432 g/mol. The van der Waals surface area contributed by atoms with Gasteiger partial charge in [0, 0.05) is 17.5 Å². The molecule has 4 rings (SSSR count). The molecule has 2 aromatic carbocycles. The van der Waals surface area contributed by atoms with Gasteiger partial charge in [-0.1, -0.05) is 67.8 Å². The van der Waals surface area contributed by atoms with Gasteiger partial charge in [-0.15, -0.1) is 0 Å². The molecule has 1 fully saturated rings. The largest absolute Gasteiger partial charge is 0.454 e. The fraction of sp³-hybridized carbons (Fsp3) is 0.308. The zero-order chi connectivity index (χ0) is 23.8. The molecule has 0 bridgehead atoms. The topological polar surface area (TPSA) is 102 Å². The fourth-order valence-corrected chi connectivity index (χ4v) is 4.03. The summed E-state index contributed by atoms with van der Waals surface area (Å²) in [7, 11) is 0. The monoisotopic (exact) mass is 460 g/mol. The summed E-state index contributed by atoms with van der Waals surface area (Å²) >= 11 is 0. The molecule has 1 aromatic heterocycles. The van der Waals surface area contributed by atoms with Gasteiger partial charge in [-0.05, 0) is 25.0 Å². The molecule has 8 heteroatoms. The highest BCUT2D eigenvalue weighted by Crippen LogP contribution is 2.25. The number of anilines is 1. The van der Waals surface area contributed by atoms with Gasteiger partial charge in [0.2, 0.25) is 5.91 Å². The van der Waals surface area contributed by atoms with Crippen molar-refractivity contribution in [1.82, 2.24) is 15.1 Å². The first-order chi connectivity index (χ1) is 16.6. The molecule has 0 aliphatic heterocycles. The highest BCUT2D eigenvalue weighted by atomic mass is 16.5. The number of amides is 2. The van der Waals surface area contributed by atoms with E-state index < -0.39 is 18.5 Å². The number of hydrogen-bond acceptors (Lipinski definition) is 5. The van der Waals surface area contributed by atoms with Crippen molar-refractivity contribution in [2.45, 2.75) is 32.1 Å². The van der Waals surface area contributed by atoms with Crippen LogP contribution in [0.2, 0.25) is 0 Å². The van der Waals surface area contributed by atoms with Crippen LogP contribution >= 0.6 is 0 Å². The lowest BCUT2D eigenvalue weighted by molar-refractivity contribution is -0.147. The van der Waals surface area contributed by atoms with Gasteiger partial charge >= 0.3 is 5.97 Å². The first kappa shape index (κ1) is 23.2. The summed E-state index contributed by atoms with van der Waals surface area (Å²) in [6.07, 6.45) is 4.92. The van der Waals surface area contributed by atoms with E-state index in [1.165, 1.54) is 0 Å². The molecule has 1 heterocycles. The number of nitrogens with zero attached hydrogens (tertiary/aromatic N) is 2. The van der Waals surface area contributed by atoms with Crippen molar-refractivity contribution in [1.29, 1.82) is 0 Å². The number of carbonyl (C=O) groups is 3. The summed E-state index contributed by atoms with van der Waals surface area (Å²) in [6.45, 7) is -0.707. The molecule has 8 nitrogen and oxygen atoms in total. The van der Waals surface area contributed by atoms with Gasteiger partial charge < -0.3 is 15.4 Å². The Bertz CT molecular complexity index is 1120. The third-order valence-corrected chi connectivity index (χ3v) is 5.79. The van der Waals surface area contributed by atoms with Crippen LogP contribution < -0.4 is 10.6 Å². The second kappa shape index (κ2) is 11.3. The van der Waals surface area contributed by atoms with E-state index in [9.17, 15) is 14.4 Å². The minimum atomic E-state index is -0.652. The summed E-state index contributed by atoms with van der Waals surface area (Å²) in [5.74, 6) is -0.857.